The molecule has 0 aromatic heterocycles. The molecule has 180 valence electrons. The van der Waals surface area contributed by atoms with Crippen LogP contribution in [-0.2, 0) is 18.5 Å². The largest absolute Gasteiger partial charge is 0.419 e. The molecule has 0 spiro atoms. The summed E-state index contributed by atoms with van der Waals surface area (Å²) < 4.78 is 120. The van der Waals surface area contributed by atoms with Gasteiger partial charge < -0.3 is 5.32 Å². The summed E-state index contributed by atoms with van der Waals surface area (Å²) in [5.41, 5.74) is -13.9. The van der Waals surface area contributed by atoms with Crippen LogP contribution >= 0.6 is 27.5 Å². The predicted octanol–water partition coefficient (Wildman–Crippen LogP) is 7.72. The van der Waals surface area contributed by atoms with Gasteiger partial charge in [0.05, 0.1) is 47.8 Å². The van der Waals surface area contributed by atoms with Gasteiger partial charge in [0.2, 0.25) is 0 Å². The molecule has 2 aromatic rings. The van der Waals surface area contributed by atoms with Crippen molar-refractivity contribution in [2.75, 3.05) is 5.32 Å². The summed E-state index contributed by atoms with van der Waals surface area (Å²) in [6.45, 7) is 0. The highest BCUT2D eigenvalue weighted by molar-refractivity contribution is 9.10. The van der Waals surface area contributed by atoms with Crippen LogP contribution in [0.25, 0.3) is 0 Å². The topological polar surface area (TPSA) is 98.3 Å². The summed E-state index contributed by atoms with van der Waals surface area (Å²) in [7, 11) is 0. The lowest BCUT2D eigenvalue weighted by Crippen LogP contribution is -2.19. The lowest BCUT2D eigenvalue weighted by atomic mass is 10.0. The number of non-ortho nitro benzene ring substituents is 1. The van der Waals surface area contributed by atoms with Crippen LogP contribution in [0.5, 0.6) is 0 Å². The van der Waals surface area contributed by atoms with E-state index >= 15 is 0 Å². The minimum atomic E-state index is -5.67. The first kappa shape index (κ1) is 26.4. The second kappa shape index (κ2) is 8.51. The standard InChI is InChI=1S/C15H4BrClF9N3O4/c16-10-7(17)3-6(14(21,22)23)12(9(10)15(24,25)26)27-11-5(13(18,19)20)1-4(28(30)31)2-8(11)29(32)33/h1-3,27H. The van der Waals surface area contributed by atoms with Crippen molar-refractivity contribution in [3.8, 4) is 0 Å². The van der Waals surface area contributed by atoms with E-state index < -0.39 is 77.3 Å². The molecular formula is C15H4BrClF9N3O4. The van der Waals surface area contributed by atoms with E-state index in [4.69, 9.17) is 11.6 Å². The molecule has 0 atom stereocenters. The zero-order chi connectivity index (χ0) is 25.7. The number of alkyl halides is 9. The number of halogens is 11. The molecule has 7 nitrogen and oxygen atoms in total. The Hall–Kier alpha value is -2.82. The van der Waals surface area contributed by atoms with Crippen molar-refractivity contribution in [2.45, 2.75) is 18.5 Å². The van der Waals surface area contributed by atoms with Gasteiger partial charge in [-0.3, -0.25) is 20.2 Å². The molecule has 18 heteroatoms. The van der Waals surface area contributed by atoms with E-state index in [9.17, 15) is 59.7 Å². The average molecular weight is 577 g/mol. The van der Waals surface area contributed by atoms with Crippen molar-refractivity contribution in [1.82, 2.24) is 0 Å². The van der Waals surface area contributed by atoms with Gasteiger partial charge in [-0.1, -0.05) is 11.6 Å². The van der Waals surface area contributed by atoms with E-state index in [0.717, 1.165) is 0 Å². The van der Waals surface area contributed by atoms with E-state index in [0.29, 0.717) is 0 Å². The highest BCUT2D eigenvalue weighted by Crippen LogP contribution is 2.52. The first-order chi connectivity index (χ1) is 14.8. The van der Waals surface area contributed by atoms with Crippen molar-refractivity contribution in [3.63, 3.8) is 0 Å². The minimum Gasteiger partial charge on any atom is -0.348 e. The van der Waals surface area contributed by atoms with Gasteiger partial charge >= 0.3 is 18.5 Å². The van der Waals surface area contributed by atoms with Gasteiger partial charge in [-0.25, -0.2) is 0 Å². The molecule has 2 aromatic carbocycles. The number of nitrogens with zero attached hydrogens (tertiary/aromatic N) is 2. The van der Waals surface area contributed by atoms with Crippen LogP contribution in [0.3, 0.4) is 0 Å². The van der Waals surface area contributed by atoms with Crippen LogP contribution in [0.1, 0.15) is 16.7 Å². The SMILES string of the molecule is O=[N+]([O-])c1cc([N+](=O)[O-])c(Nc2c(C(F)(F)F)cc(Cl)c(Br)c2C(F)(F)F)c(C(F)(F)F)c1. The Kier molecular flexibility index (Phi) is 6.82. The maximum atomic E-state index is 13.6. The maximum absolute atomic E-state index is 13.6. The summed E-state index contributed by atoms with van der Waals surface area (Å²) in [5.74, 6) is 0. The van der Waals surface area contributed by atoms with Gasteiger partial charge in [0.15, 0.2) is 0 Å². The second-order valence-corrected chi connectivity index (χ2v) is 7.19. The van der Waals surface area contributed by atoms with Gasteiger partial charge in [0.1, 0.15) is 5.69 Å². The van der Waals surface area contributed by atoms with Crippen LogP contribution in [0.2, 0.25) is 5.02 Å². The molecule has 0 saturated carbocycles. The summed E-state index contributed by atoms with van der Waals surface area (Å²) in [4.78, 5) is 19.0. The molecule has 0 aliphatic rings. The number of nitrogens with one attached hydrogen (secondary N) is 1. The number of benzene rings is 2. The molecule has 0 radical (unpaired) electrons. The highest BCUT2D eigenvalue weighted by Gasteiger charge is 2.46. The molecule has 0 fully saturated rings. The Balaban J connectivity index is 3.06. The number of rotatable bonds is 4. The minimum absolute atomic E-state index is 0.0479. The summed E-state index contributed by atoms with van der Waals surface area (Å²) in [6.07, 6.45) is -16.9. The van der Waals surface area contributed by atoms with Crippen molar-refractivity contribution in [3.05, 3.63) is 64.6 Å². The number of anilines is 2. The van der Waals surface area contributed by atoms with Gasteiger partial charge in [0, 0.05) is 6.07 Å². The van der Waals surface area contributed by atoms with Gasteiger partial charge in [-0.15, -0.1) is 0 Å². The molecule has 0 unspecified atom stereocenters. The Morgan fingerprint density at radius 1 is 0.788 bits per heavy atom. The van der Waals surface area contributed by atoms with E-state index in [1.807, 2.05) is 0 Å². The number of hydrogen-bond acceptors (Lipinski definition) is 5. The van der Waals surface area contributed by atoms with Crippen molar-refractivity contribution in [1.29, 1.82) is 0 Å². The molecular weight excluding hydrogens is 573 g/mol. The normalized spacial score (nSPS) is 12.6. The lowest BCUT2D eigenvalue weighted by Gasteiger charge is -2.23. The van der Waals surface area contributed by atoms with Crippen LogP contribution in [0, 0.1) is 20.2 Å². The molecule has 1 N–H and O–H groups in total. The smallest absolute Gasteiger partial charge is 0.348 e. The first-order valence-corrected chi connectivity index (χ1v) is 8.91. The molecule has 0 amide bonds. The second-order valence-electron chi connectivity index (χ2n) is 5.99. The van der Waals surface area contributed by atoms with Crippen LogP contribution < -0.4 is 5.32 Å². The lowest BCUT2D eigenvalue weighted by molar-refractivity contribution is -0.394. The zero-order valence-electron chi connectivity index (χ0n) is 14.9. The average Bonchev–Trinajstić information content (AvgIpc) is 2.61. The predicted molar refractivity (Wildman–Crippen MR) is 97.2 cm³/mol. The third-order valence-corrected chi connectivity index (χ3v) is 5.22. The van der Waals surface area contributed by atoms with Crippen molar-refractivity contribution >= 4 is 50.3 Å². The Morgan fingerprint density at radius 2 is 1.27 bits per heavy atom. The third kappa shape index (κ3) is 5.40. The fourth-order valence-electron chi connectivity index (χ4n) is 2.59. The van der Waals surface area contributed by atoms with Crippen molar-refractivity contribution < 1.29 is 49.4 Å². The van der Waals surface area contributed by atoms with Gasteiger partial charge in [0.25, 0.3) is 11.4 Å². The fraction of sp³-hybridized carbons (Fsp3) is 0.200. The Labute approximate surface area is 188 Å². The van der Waals surface area contributed by atoms with Gasteiger partial charge in [-0.2, -0.15) is 39.5 Å². The van der Waals surface area contributed by atoms with E-state index in [-0.39, 0.29) is 18.2 Å². The summed E-state index contributed by atoms with van der Waals surface area (Å²) >= 11 is 7.72. The maximum Gasteiger partial charge on any atom is 0.419 e. The number of nitro groups is 2. The van der Waals surface area contributed by atoms with Gasteiger partial charge in [-0.05, 0) is 22.0 Å². The molecule has 2 rings (SSSR count). The molecule has 0 aliphatic heterocycles. The zero-order valence-corrected chi connectivity index (χ0v) is 17.3. The van der Waals surface area contributed by atoms with Crippen molar-refractivity contribution in [2.24, 2.45) is 0 Å². The van der Waals surface area contributed by atoms with Crippen LogP contribution in [0.15, 0.2) is 22.7 Å². The van der Waals surface area contributed by atoms with E-state index in [2.05, 4.69) is 15.9 Å². The summed E-state index contributed by atoms with van der Waals surface area (Å²) in [5, 5.41) is 22.2. The molecule has 0 heterocycles. The molecule has 0 saturated heterocycles. The summed E-state index contributed by atoms with van der Waals surface area (Å²) in [6, 6.07) is -0.377. The molecule has 33 heavy (non-hydrogen) atoms. The molecule has 0 aliphatic carbocycles. The highest BCUT2D eigenvalue weighted by atomic mass is 79.9. The third-order valence-electron chi connectivity index (χ3n) is 3.87. The van der Waals surface area contributed by atoms with E-state index in [1.165, 1.54) is 5.32 Å². The molecule has 0 bridgehead atoms. The first-order valence-electron chi connectivity index (χ1n) is 7.74. The quantitative estimate of drug-likeness (QED) is 0.228. The van der Waals surface area contributed by atoms with E-state index in [1.54, 1.807) is 0 Å². The number of hydrogen-bond donors (Lipinski definition) is 1. The van der Waals surface area contributed by atoms with Crippen LogP contribution in [0.4, 0.5) is 62.3 Å². The number of nitro benzene ring substituents is 2. The Bertz CT molecular complexity index is 1150. The fourth-order valence-corrected chi connectivity index (χ4v) is 3.33. The van der Waals surface area contributed by atoms with Crippen LogP contribution in [-0.4, -0.2) is 9.85 Å². The Morgan fingerprint density at radius 3 is 1.67 bits per heavy atom. The monoisotopic (exact) mass is 575 g/mol.